The van der Waals surface area contributed by atoms with E-state index in [9.17, 15) is 9.90 Å². The average Bonchev–Trinajstić information content (AvgIpc) is 2.88. The Kier molecular flexibility index (Phi) is 6.57. The van der Waals surface area contributed by atoms with Crippen LogP contribution in [0.15, 0.2) is 88.3 Å². The van der Waals surface area contributed by atoms with Crippen molar-refractivity contribution in [3.63, 3.8) is 0 Å². The van der Waals surface area contributed by atoms with Crippen molar-refractivity contribution in [2.75, 3.05) is 6.61 Å². The molecule has 2 heterocycles. The normalized spacial score (nSPS) is 17.8. The minimum Gasteiger partial charge on any atom is -0.493 e. The molecule has 0 radical (unpaired) electrons. The molecule has 2 N–H and O–H groups in total. The van der Waals surface area contributed by atoms with Gasteiger partial charge in [0.05, 0.1) is 6.61 Å². The molecule has 1 unspecified atom stereocenters. The molecule has 0 spiro atoms. The van der Waals surface area contributed by atoms with Crippen LogP contribution in [0.2, 0.25) is 0 Å². The summed E-state index contributed by atoms with van der Waals surface area (Å²) in [6, 6.07) is 21.4. The van der Waals surface area contributed by atoms with Crippen LogP contribution >= 0.6 is 0 Å². The Bertz CT molecular complexity index is 1600. The summed E-state index contributed by atoms with van der Waals surface area (Å²) in [5.74, 6) is 1.03. The number of H-pyrrole nitrogens is 1. The molecule has 4 aromatic rings. The Balaban J connectivity index is 1.84. The van der Waals surface area contributed by atoms with E-state index in [1.54, 1.807) is 12.3 Å². The fraction of sp³-hybridized carbons (Fsp3) is 0.250. The lowest BCUT2D eigenvalue weighted by Crippen LogP contribution is -2.29. The number of pyridine rings is 1. The van der Waals surface area contributed by atoms with Crippen molar-refractivity contribution in [1.29, 1.82) is 0 Å². The van der Waals surface area contributed by atoms with E-state index in [2.05, 4.69) is 36.0 Å². The van der Waals surface area contributed by atoms with Crippen LogP contribution < -0.4 is 10.3 Å². The summed E-state index contributed by atoms with van der Waals surface area (Å²) < 4.78 is 6.22. The summed E-state index contributed by atoms with van der Waals surface area (Å²) in [4.78, 5) is 20.0. The van der Waals surface area contributed by atoms with Gasteiger partial charge in [0.15, 0.2) is 0 Å². The highest BCUT2D eigenvalue weighted by atomic mass is 16.5. The number of fused-ring (bicyclic) bond motifs is 6. The van der Waals surface area contributed by atoms with Crippen LogP contribution in [0.5, 0.6) is 5.75 Å². The highest BCUT2D eigenvalue weighted by Crippen LogP contribution is 2.41. The maximum absolute atomic E-state index is 12.6. The third-order valence-electron chi connectivity index (χ3n) is 6.98. The number of aliphatic imine (C=N–C) groups is 1. The summed E-state index contributed by atoms with van der Waals surface area (Å²) in [6.45, 7) is 8.52. The van der Waals surface area contributed by atoms with Crippen molar-refractivity contribution in [2.24, 2.45) is 10.9 Å². The lowest BCUT2D eigenvalue weighted by atomic mass is 9.79. The number of benzene rings is 3. The molecule has 0 fully saturated rings. The largest absolute Gasteiger partial charge is 0.493 e. The number of hydrogen-bond acceptors (Lipinski definition) is 4. The Hall–Kier alpha value is -3.96. The zero-order chi connectivity index (χ0) is 26.2. The molecule has 1 aliphatic heterocycles. The van der Waals surface area contributed by atoms with Gasteiger partial charge < -0.3 is 14.8 Å². The molecule has 5 rings (SSSR count). The molecular weight excluding hydrogens is 460 g/mol. The van der Waals surface area contributed by atoms with Gasteiger partial charge in [0.25, 0.3) is 0 Å². The SMILES string of the molecule is C/C(=C\N=CC(C)C)C1(O)c2ccc(C)c(c2)OCCc2cccc(c2)-c2cc(=O)[nH]c3ccc1cc23. The first-order valence-corrected chi connectivity index (χ1v) is 12.7. The molecule has 1 aliphatic rings. The third-order valence-corrected chi connectivity index (χ3v) is 6.98. The number of aryl methyl sites for hydroxylation is 1. The minimum atomic E-state index is -1.46. The number of ether oxygens (including phenoxy) is 1. The first-order valence-electron chi connectivity index (χ1n) is 12.7. The van der Waals surface area contributed by atoms with Crippen molar-refractivity contribution in [1.82, 2.24) is 4.98 Å². The van der Waals surface area contributed by atoms with E-state index in [-0.39, 0.29) is 11.5 Å². The van der Waals surface area contributed by atoms with E-state index in [0.29, 0.717) is 23.3 Å². The molecule has 5 heteroatoms. The molecule has 0 amide bonds. The first kappa shape index (κ1) is 24.7. The van der Waals surface area contributed by atoms with Crippen LogP contribution in [0.3, 0.4) is 0 Å². The van der Waals surface area contributed by atoms with Crippen LogP contribution in [0.4, 0.5) is 0 Å². The Morgan fingerprint density at radius 1 is 1.08 bits per heavy atom. The van der Waals surface area contributed by atoms with Gasteiger partial charge in [0.1, 0.15) is 11.4 Å². The Morgan fingerprint density at radius 3 is 2.68 bits per heavy atom. The monoisotopic (exact) mass is 492 g/mol. The van der Waals surface area contributed by atoms with Crippen LogP contribution in [-0.2, 0) is 12.0 Å². The van der Waals surface area contributed by atoms with Crippen molar-refractivity contribution >= 4 is 17.1 Å². The molecule has 1 aromatic heterocycles. The number of rotatable bonds is 3. The number of hydrogen-bond donors (Lipinski definition) is 2. The quantitative estimate of drug-likeness (QED) is 0.329. The molecule has 0 aliphatic carbocycles. The fourth-order valence-electron chi connectivity index (χ4n) is 4.91. The zero-order valence-corrected chi connectivity index (χ0v) is 21.7. The molecule has 37 heavy (non-hydrogen) atoms. The summed E-state index contributed by atoms with van der Waals surface area (Å²) in [5, 5.41) is 13.4. The second-order valence-electron chi connectivity index (χ2n) is 10.2. The van der Waals surface area contributed by atoms with Gasteiger partial charge in [-0.3, -0.25) is 9.79 Å². The van der Waals surface area contributed by atoms with Crippen LogP contribution in [0.25, 0.3) is 22.0 Å². The van der Waals surface area contributed by atoms with Gasteiger partial charge in [-0.2, -0.15) is 0 Å². The average molecular weight is 493 g/mol. The zero-order valence-electron chi connectivity index (χ0n) is 21.7. The Labute approximate surface area is 217 Å². The summed E-state index contributed by atoms with van der Waals surface area (Å²) in [5.41, 5.74) is 5.07. The molecule has 1 atom stereocenters. The summed E-state index contributed by atoms with van der Waals surface area (Å²) in [6.07, 6.45) is 4.30. The molecule has 0 saturated carbocycles. The van der Waals surface area contributed by atoms with E-state index in [1.165, 1.54) is 0 Å². The molecule has 5 nitrogen and oxygen atoms in total. The minimum absolute atomic E-state index is 0.164. The summed E-state index contributed by atoms with van der Waals surface area (Å²) >= 11 is 0. The van der Waals surface area contributed by atoms with Crippen molar-refractivity contribution in [2.45, 2.75) is 39.7 Å². The second kappa shape index (κ2) is 9.83. The first-order chi connectivity index (χ1) is 17.8. The van der Waals surface area contributed by atoms with E-state index >= 15 is 0 Å². The van der Waals surface area contributed by atoms with E-state index in [1.807, 2.05) is 68.6 Å². The predicted molar refractivity (Wildman–Crippen MR) is 150 cm³/mol. The maximum atomic E-state index is 12.6. The van der Waals surface area contributed by atoms with Gasteiger partial charge in [-0.15, -0.1) is 0 Å². The highest BCUT2D eigenvalue weighted by Gasteiger charge is 2.35. The predicted octanol–water partition coefficient (Wildman–Crippen LogP) is 6.30. The molecule has 3 aromatic carbocycles. The molecule has 0 saturated heterocycles. The lowest BCUT2D eigenvalue weighted by molar-refractivity contribution is 0.120. The van der Waals surface area contributed by atoms with Gasteiger partial charge in [-0.25, -0.2) is 0 Å². The number of aromatic amines is 1. The number of nitrogens with zero attached hydrogens (tertiary/aromatic N) is 1. The van der Waals surface area contributed by atoms with E-state index < -0.39 is 5.60 Å². The van der Waals surface area contributed by atoms with E-state index in [0.717, 1.165) is 45.3 Å². The van der Waals surface area contributed by atoms with Crippen LogP contribution in [-0.4, -0.2) is 22.9 Å². The van der Waals surface area contributed by atoms with Gasteiger partial charge >= 0.3 is 0 Å². The number of aliphatic hydroxyl groups is 1. The second-order valence-corrected chi connectivity index (χ2v) is 10.2. The van der Waals surface area contributed by atoms with Gasteiger partial charge in [-0.1, -0.05) is 56.3 Å². The molecule has 6 bridgehead atoms. The summed E-state index contributed by atoms with van der Waals surface area (Å²) in [7, 11) is 0. The smallest absolute Gasteiger partial charge is 0.249 e. The van der Waals surface area contributed by atoms with Gasteiger partial charge in [0.2, 0.25) is 5.56 Å². The highest BCUT2D eigenvalue weighted by molar-refractivity contribution is 5.95. The maximum Gasteiger partial charge on any atom is 0.249 e. The lowest BCUT2D eigenvalue weighted by Gasteiger charge is -2.31. The molecule has 188 valence electrons. The van der Waals surface area contributed by atoms with Crippen LogP contribution in [0, 0.1) is 12.8 Å². The van der Waals surface area contributed by atoms with Crippen LogP contribution in [0.1, 0.15) is 43.0 Å². The van der Waals surface area contributed by atoms with Gasteiger partial charge in [-0.05, 0) is 76.9 Å². The fourth-order valence-corrected chi connectivity index (χ4v) is 4.91. The van der Waals surface area contributed by atoms with Crippen molar-refractivity contribution in [3.8, 4) is 16.9 Å². The van der Waals surface area contributed by atoms with Crippen molar-refractivity contribution < 1.29 is 9.84 Å². The number of aromatic nitrogens is 1. The van der Waals surface area contributed by atoms with Gasteiger partial charge in [0, 0.05) is 35.8 Å². The van der Waals surface area contributed by atoms with E-state index in [4.69, 9.17) is 4.74 Å². The topological polar surface area (TPSA) is 74.7 Å². The molecular formula is C32H32N2O3. The van der Waals surface area contributed by atoms with Crippen molar-refractivity contribution in [3.05, 3.63) is 111 Å². The number of nitrogens with one attached hydrogen (secondary N) is 1. The Morgan fingerprint density at radius 2 is 1.86 bits per heavy atom. The third kappa shape index (κ3) is 4.75. The standard InChI is InChI=1S/C32H32N2O3/c1-20(2)18-33-19-22(4)32(36)25-10-11-29-28(15-25)27(17-31(35)34-29)24-7-5-6-23(14-24)12-13-37-30-16-26(32)9-8-21(30)3/h5-11,14-20,36H,12-13H2,1-4H3,(H,34,35)/b22-19+,33-18?.